The number of carbonyl (C=O) groups is 3. The maximum atomic E-state index is 13.6. The van der Waals surface area contributed by atoms with Gasteiger partial charge in [-0.05, 0) is 12.1 Å². The van der Waals surface area contributed by atoms with Crippen molar-refractivity contribution in [2.45, 2.75) is 28.7 Å². The minimum Gasteiger partial charge on any atom is -0.445 e. The molecule has 3 heterocycles. The number of hydrogen-bond donors (Lipinski definition) is 0. The molecule has 8 heteroatoms. The highest BCUT2D eigenvalue weighted by Crippen LogP contribution is 2.56. The number of nitrogens with zero attached hydrogens (tertiary/aromatic N) is 2. The maximum Gasteiger partial charge on any atom is 0.344 e. The number of rotatable bonds is 4. The summed E-state index contributed by atoms with van der Waals surface area (Å²) in [5.41, 5.74) is 1.34. The summed E-state index contributed by atoms with van der Waals surface area (Å²) in [5, 5.41) is 0. The van der Waals surface area contributed by atoms with E-state index in [0.717, 1.165) is 10.6 Å². The second-order valence-electron chi connectivity index (χ2n) is 7.72. The zero-order valence-electron chi connectivity index (χ0n) is 16.9. The van der Waals surface area contributed by atoms with E-state index in [9.17, 15) is 14.4 Å². The van der Waals surface area contributed by atoms with Gasteiger partial charge < -0.3 is 14.4 Å². The first-order chi connectivity index (χ1) is 15.1. The van der Waals surface area contributed by atoms with Crippen LogP contribution < -0.4 is 4.90 Å². The Morgan fingerprint density at radius 1 is 1.03 bits per heavy atom. The summed E-state index contributed by atoms with van der Waals surface area (Å²) in [5.74, 6) is -0.934. The second kappa shape index (κ2) is 8.01. The lowest BCUT2D eigenvalue weighted by Gasteiger charge is -2.33. The van der Waals surface area contributed by atoms with Gasteiger partial charge in [-0.1, -0.05) is 54.2 Å². The van der Waals surface area contributed by atoms with E-state index in [1.54, 1.807) is 21.9 Å². The molecule has 2 aromatic carbocycles. The monoisotopic (exact) mass is 438 g/mol. The number of ether oxygens (including phenoxy) is 2. The Morgan fingerprint density at radius 3 is 2.52 bits per heavy atom. The lowest BCUT2D eigenvalue weighted by Crippen LogP contribution is -2.50. The smallest absolute Gasteiger partial charge is 0.344 e. The first-order valence-corrected chi connectivity index (χ1v) is 11.2. The lowest BCUT2D eigenvalue weighted by atomic mass is 10.1. The summed E-state index contributed by atoms with van der Waals surface area (Å²) in [6, 6.07) is 16.5. The van der Waals surface area contributed by atoms with Gasteiger partial charge in [0.1, 0.15) is 0 Å². The van der Waals surface area contributed by atoms with Crippen LogP contribution in [0.15, 0.2) is 59.5 Å². The van der Waals surface area contributed by atoms with E-state index >= 15 is 0 Å². The van der Waals surface area contributed by atoms with Gasteiger partial charge in [-0.2, -0.15) is 0 Å². The van der Waals surface area contributed by atoms with Crippen molar-refractivity contribution in [3.05, 3.63) is 60.2 Å². The quantitative estimate of drug-likeness (QED) is 0.684. The molecule has 2 unspecified atom stereocenters. The van der Waals surface area contributed by atoms with Crippen molar-refractivity contribution >= 4 is 35.2 Å². The SMILES string of the molecule is O=C(C(OC(=O)C12CCC(=O)N1c1ccccc1S2)c1ccccc1)N1CCOCC1. The number of morpholine rings is 1. The first-order valence-electron chi connectivity index (χ1n) is 10.3. The van der Waals surface area contributed by atoms with Crippen molar-refractivity contribution in [2.75, 3.05) is 31.2 Å². The molecule has 2 fully saturated rings. The molecule has 3 aliphatic rings. The Balaban J connectivity index is 1.46. The fraction of sp³-hybridized carbons (Fsp3) is 0.348. The molecular weight excluding hydrogens is 416 g/mol. The van der Waals surface area contributed by atoms with Gasteiger partial charge in [-0.3, -0.25) is 14.5 Å². The fourth-order valence-corrected chi connectivity index (χ4v) is 5.71. The topological polar surface area (TPSA) is 76.2 Å². The van der Waals surface area contributed by atoms with Gasteiger partial charge in [0, 0.05) is 36.4 Å². The molecule has 0 aliphatic carbocycles. The molecule has 5 rings (SSSR count). The molecule has 0 saturated carbocycles. The number of benzene rings is 2. The third kappa shape index (κ3) is 3.40. The van der Waals surface area contributed by atoms with Crippen LogP contribution in [0.25, 0.3) is 0 Å². The first kappa shape index (κ1) is 20.1. The molecule has 0 N–H and O–H groups in total. The van der Waals surface area contributed by atoms with E-state index in [4.69, 9.17) is 9.47 Å². The second-order valence-corrected chi connectivity index (χ2v) is 9.04. The van der Waals surface area contributed by atoms with Crippen LogP contribution in [-0.2, 0) is 23.9 Å². The predicted molar refractivity (Wildman–Crippen MR) is 114 cm³/mol. The highest BCUT2D eigenvalue weighted by atomic mass is 32.2. The van der Waals surface area contributed by atoms with Gasteiger partial charge in [-0.15, -0.1) is 0 Å². The number of esters is 1. The standard InChI is InChI=1S/C23H22N2O5S/c26-19-10-11-23(25(19)17-8-4-5-9-18(17)31-23)22(28)30-20(16-6-2-1-3-7-16)21(27)24-12-14-29-15-13-24/h1-9,20H,10-15H2. The van der Waals surface area contributed by atoms with Crippen LogP contribution in [0.1, 0.15) is 24.5 Å². The van der Waals surface area contributed by atoms with Crippen LogP contribution in [0.3, 0.4) is 0 Å². The van der Waals surface area contributed by atoms with Crippen molar-refractivity contribution < 1.29 is 23.9 Å². The van der Waals surface area contributed by atoms with Crippen LogP contribution in [0, 0.1) is 0 Å². The van der Waals surface area contributed by atoms with Gasteiger partial charge in [0.2, 0.25) is 12.0 Å². The van der Waals surface area contributed by atoms with Gasteiger partial charge >= 0.3 is 5.97 Å². The number of carbonyl (C=O) groups excluding carboxylic acids is 3. The van der Waals surface area contributed by atoms with Crippen LogP contribution in [0.5, 0.6) is 0 Å². The molecule has 0 bridgehead atoms. The number of thioether (sulfide) groups is 1. The molecule has 0 radical (unpaired) electrons. The minimum atomic E-state index is -1.17. The van der Waals surface area contributed by atoms with E-state index in [0.29, 0.717) is 38.3 Å². The summed E-state index contributed by atoms with van der Waals surface area (Å²) >= 11 is 1.34. The number of hydrogen-bond acceptors (Lipinski definition) is 6. The van der Waals surface area contributed by atoms with Gasteiger partial charge in [0.25, 0.3) is 5.91 Å². The Labute approximate surface area is 184 Å². The van der Waals surface area contributed by atoms with Crippen LogP contribution in [0.2, 0.25) is 0 Å². The largest absolute Gasteiger partial charge is 0.445 e. The summed E-state index contributed by atoms with van der Waals surface area (Å²) in [6.45, 7) is 1.82. The van der Waals surface area contributed by atoms with E-state index in [1.807, 2.05) is 42.5 Å². The Kier molecular flexibility index (Phi) is 5.19. The van der Waals surface area contributed by atoms with Gasteiger partial charge in [-0.25, -0.2) is 4.79 Å². The molecule has 0 aromatic heterocycles. The summed E-state index contributed by atoms with van der Waals surface area (Å²) in [4.78, 5) is 42.5. The van der Waals surface area contributed by atoms with E-state index in [1.165, 1.54) is 11.8 Å². The zero-order valence-corrected chi connectivity index (χ0v) is 17.7. The molecule has 0 spiro atoms. The van der Waals surface area contributed by atoms with Crippen molar-refractivity contribution in [3.63, 3.8) is 0 Å². The van der Waals surface area contributed by atoms with Crippen molar-refractivity contribution in [3.8, 4) is 0 Å². The molecular formula is C23H22N2O5S. The summed E-state index contributed by atoms with van der Waals surface area (Å²) in [6.07, 6.45) is -0.454. The van der Waals surface area contributed by atoms with Gasteiger partial charge in [0.15, 0.2) is 4.87 Å². The molecule has 31 heavy (non-hydrogen) atoms. The molecule has 2 saturated heterocycles. The molecule has 7 nitrogen and oxygen atoms in total. The fourth-order valence-electron chi connectivity index (χ4n) is 4.31. The number of anilines is 1. The third-order valence-corrected chi connectivity index (χ3v) is 7.32. The molecule has 3 aliphatic heterocycles. The highest BCUT2D eigenvalue weighted by Gasteiger charge is 2.59. The van der Waals surface area contributed by atoms with E-state index in [2.05, 4.69) is 0 Å². The summed E-state index contributed by atoms with van der Waals surface area (Å²) < 4.78 is 11.3. The van der Waals surface area contributed by atoms with E-state index in [-0.39, 0.29) is 18.2 Å². The Bertz CT molecular complexity index is 1020. The highest BCUT2D eigenvalue weighted by molar-refractivity contribution is 8.02. The van der Waals surface area contributed by atoms with E-state index < -0.39 is 16.9 Å². The molecule has 2 amide bonds. The van der Waals surface area contributed by atoms with Gasteiger partial charge in [0.05, 0.1) is 18.9 Å². The predicted octanol–water partition coefficient (Wildman–Crippen LogP) is 2.76. The third-order valence-electron chi connectivity index (χ3n) is 5.87. The number of fused-ring (bicyclic) bond motifs is 3. The van der Waals surface area contributed by atoms with Crippen molar-refractivity contribution in [2.24, 2.45) is 0 Å². The van der Waals surface area contributed by atoms with Crippen LogP contribution in [0.4, 0.5) is 5.69 Å². The average molecular weight is 439 g/mol. The number of para-hydroxylation sites is 1. The normalized spacial score (nSPS) is 23.3. The molecule has 2 atom stereocenters. The molecule has 2 aromatic rings. The maximum absolute atomic E-state index is 13.6. The van der Waals surface area contributed by atoms with Crippen molar-refractivity contribution in [1.82, 2.24) is 4.90 Å². The Hall–Kier alpha value is -2.84. The number of amides is 2. The summed E-state index contributed by atoms with van der Waals surface area (Å²) in [7, 11) is 0. The minimum absolute atomic E-state index is 0.106. The average Bonchev–Trinajstić information content (AvgIpc) is 3.33. The van der Waals surface area contributed by atoms with Crippen LogP contribution >= 0.6 is 11.8 Å². The molecule has 160 valence electrons. The zero-order chi connectivity index (χ0) is 21.4. The lowest BCUT2D eigenvalue weighted by molar-refractivity contribution is -0.164. The van der Waals surface area contributed by atoms with Crippen LogP contribution in [-0.4, -0.2) is 53.9 Å². The van der Waals surface area contributed by atoms with Crippen molar-refractivity contribution in [1.29, 1.82) is 0 Å². The Morgan fingerprint density at radius 2 is 1.74 bits per heavy atom.